The van der Waals surface area contributed by atoms with Crippen LogP contribution in [-0.4, -0.2) is 38.7 Å². The van der Waals surface area contributed by atoms with Crippen LogP contribution in [0, 0.1) is 0 Å². The van der Waals surface area contributed by atoms with Gasteiger partial charge >= 0.3 is 5.69 Å². The number of carbonyl (C=O) groups excluding carboxylic acids is 1. The zero-order valence-corrected chi connectivity index (χ0v) is 15.1. The van der Waals surface area contributed by atoms with Gasteiger partial charge in [0.2, 0.25) is 0 Å². The lowest BCUT2D eigenvalue weighted by Gasteiger charge is -2.27. The molecule has 0 unspecified atom stereocenters. The highest BCUT2D eigenvalue weighted by atomic mass is 16.2. The van der Waals surface area contributed by atoms with Crippen LogP contribution >= 0.6 is 0 Å². The van der Waals surface area contributed by atoms with Gasteiger partial charge in [0.25, 0.3) is 5.91 Å². The topological polar surface area (TPSA) is 71.0 Å². The fourth-order valence-corrected chi connectivity index (χ4v) is 3.25. The van der Waals surface area contributed by atoms with Gasteiger partial charge in [-0.1, -0.05) is 48.5 Å². The molecule has 1 N–H and O–H groups in total. The average molecular weight is 360 g/mol. The highest BCUT2D eigenvalue weighted by Gasteiger charge is 2.19. The van der Waals surface area contributed by atoms with Crippen LogP contribution in [0.4, 0.5) is 0 Å². The summed E-state index contributed by atoms with van der Waals surface area (Å²) in [5.41, 5.74) is 3.65. The van der Waals surface area contributed by atoms with Crippen molar-refractivity contribution in [2.75, 3.05) is 13.1 Å². The van der Waals surface area contributed by atoms with Gasteiger partial charge in [-0.2, -0.15) is 5.10 Å². The molecule has 0 saturated carbocycles. The van der Waals surface area contributed by atoms with Gasteiger partial charge in [0.1, 0.15) is 0 Å². The summed E-state index contributed by atoms with van der Waals surface area (Å²) in [7, 11) is 1.59. The maximum absolute atomic E-state index is 12.8. The smallest absolute Gasteiger partial charge is 0.335 e. The number of aromatic amines is 1. The van der Waals surface area contributed by atoms with E-state index in [1.54, 1.807) is 31.3 Å². The van der Waals surface area contributed by atoms with Crippen molar-refractivity contribution in [1.29, 1.82) is 0 Å². The van der Waals surface area contributed by atoms with Crippen molar-refractivity contribution in [1.82, 2.24) is 19.7 Å². The van der Waals surface area contributed by atoms with Crippen molar-refractivity contribution < 1.29 is 4.79 Å². The quantitative estimate of drug-likeness (QED) is 0.781. The predicted molar refractivity (Wildman–Crippen MR) is 104 cm³/mol. The third-order valence-electron chi connectivity index (χ3n) is 4.82. The number of nitrogens with zero attached hydrogens (tertiary/aromatic N) is 3. The minimum atomic E-state index is -0.264. The SMILES string of the molecule is Cn1nc(-c2ccc(C(=O)N3CC=C(c4ccccc4)CC3)cc2)[nH]c1=O. The lowest BCUT2D eigenvalue weighted by atomic mass is 9.99. The van der Waals surface area contributed by atoms with Crippen LogP contribution in [0.25, 0.3) is 17.0 Å². The standard InChI is InChI=1S/C21H20N4O2/c1-24-21(27)22-19(23-24)17-7-9-18(10-8-17)20(26)25-13-11-16(12-14-25)15-5-3-2-4-6-15/h2-11H,12-14H2,1H3,(H,22,23,27). The maximum atomic E-state index is 12.8. The van der Waals surface area contributed by atoms with Crippen molar-refractivity contribution in [3.63, 3.8) is 0 Å². The van der Waals surface area contributed by atoms with E-state index in [0.29, 0.717) is 24.5 Å². The Bertz CT molecular complexity index is 1050. The van der Waals surface area contributed by atoms with E-state index in [1.165, 1.54) is 15.8 Å². The van der Waals surface area contributed by atoms with Crippen LogP contribution in [0.1, 0.15) is 22.3 Å². The second kappa shape index (κ2) is 7.07. The molecule has 0 aliphatic carbocycles. The van der Waals surface area contributed by atoms with Gasteiger partial charge in [-0.05, 0) is 29.7 Å². The first kappa shape index (κ1) is 17.0. The zero-order chi connectivity index (χ0) is 18.8. The summed E-state index contributed by atoms with van der Waals surface area (Å²) < 4.78 is 1.25. The zero-order valence-electron chi connectivity index (χ0n) is 15.1. The molecule has 1 aliphatic heterocycles. The number of amides is 1. The van der Waals surface area contributed by atoms with E-state index in [9.17, 15) is 9.59 Å². The molecule has 27 heavy (non-hydrogen) atoms. The van der Waals surface area contributed by atoms with Gasteiger partial charge in [-0.25, -0.2) is 9.48 Å². The molecule has 6 nitrogen and oxygen atoms in total. The van der Waals surface area contributed by atoms with E-state index >= 15 is 0 Å². The molecule has 2 aromatic carbocycles. The molecule has 1 aromatic heterocycles. The number of rotatable bonds is 3. The molecule has 6 heteroatoms. The van der Waals surface area contributed by atoms with Crippen molar-refractivity contribution in [2.24, 2.45) is 7.05 Å². The van der Waals surface area contributed by atoms with Gasteiger partial charge < -0.3 is 4.90 Å². The molecule has 0 atom stereocenters. The molecule has 0 radical (unpaired) electrons. The van der Waals surface area contributed by atoms with Crippen LogP contribution in [0.3, 0.4) is 0 Å². The number of aromatic nitrogens is 3. The van der Waals surface area contributed by atoms with Crippen LogP contribution in [0.2, 0.25) is 0 Å². The second-order valence-electron chi connectivity index (χ2n) is 6.58. The van der Waals surface area contributed by atoms with Crippen molar-refractivity contribution in [2.45, 2.75) is 6.42 Å². The molecule has 0 fully saturated rings. The summed E-state index contributed by atoms with van der Waals surface area (Å²) in [6, 6.07) is 17.4. The summed E-state index contributed by atoms with van der Waals surface area (Å²) >= 11 is 0. The average Bonchev–Trinajstić information content (AvgIpc) is 3.07. The minimum absolute atomic E-state index is 0.0134. The summed E-state index contributed by atoms with van der Waals surface area (Å²) in [4.78, 5) is 28.8. The van der Waals surface area contributed by atoms with E-state index in [4.69, 9.17) is 0 Å². The molecule has 136 valence electrons. The fourth-order valence-electron chi connectivity index (χ4n) is 3.25. The van der Waals surface area contributed by atoms with Crippen LogP contribution in [0.15, 0.2) is 65.5 Å². The number of nitrogens with one attached hydrogen (secondary N) is 1. The maximum Gasteiger partial charge on any atom is 0.343 e. The summed E-state index contributed by atoms with van der Waals surface area (Å²) in [6.07, 6.45) is 2.98. The lowest BCUT2D eigenvalue weighted by Crippen LogP contribution is -2.34. The Balaban J connectivity index is 1.47. The lowest BCUT2D eigenvalue weighted by molar-refractivity contribution is 0.0773. The van der Waals surface area contributed by atoms with Gasteiger partial charge in [0, 0.05) is 31.3 Å². The van der Waals surface area contributed by atoms with E-state index < -0.39 is 0 Å². The molecule has 2 heterocycles. The molecular weight excluding hydrogens is 340 g/mol. The fraction of sp³-hybridized carbons (Fsp3) is 0.190. The largest absolute Gasteiger partial charge is 0.343 e. The Kier molecular flexibility index (Phi) is 4.46. The predicted octanol–water partition coefficient (Wildman–Crippen LogP) is 2.70. The molecule has 3 aromatic rings. The van der Waals surface area contributed by atoms with Crippen LogP contribution in [0.5, 0.6) is 0 Å². The molecule has 1 amide bonds. The number of aryl methyl sites for hydroxylation is 1. The Hall–Kier alpha value is -3.41. The number of hydrogen-bond acceptors (Lipinski definition) is 3. The molecule has 4 rings (SSSR count). The number of carbonyl (C=O) groups is 1. The second-order valence-corrected chi connectivity index (χ2v) is 6.58. The van der Waals surface area contributed by atoms with Gasteiger partial charge in [0.15, 0.2) is 5.82 Å². The third kappa shape index (κ3) is 3.46. The molecular formula is C21H20N4O2. The Morgan fingerprint density at radius 1 is 1.04 bits per heavy atom. The summed E-state index contributed by atoms with van der Waals surface area (Å²) in [5, 5.41) is 4.13. The Morgan fingerprint density at radius 2 is 1.78 bits per heavy atom. The van der Waals surface area contributed by atoms with Crippen LogP contribution in [-0.2, 0) is 7.05 Å². The molecule has 1 aliphatic rings. The first-order valence-electron chi connectivity index (χ1n) is 8.89. The first-order valence-corrected chi connectivity index (χ1v) is 8.89. The molecule has 0 spiro atoms. The van der Waals surface area contributed by atoms with Crippen molar-refractivity contribution in [3.05, 3.63) is 82.3 Å². The number of benzene rings is 2. The number of H-pyrrole nitrogens is 1. The van der Waals surface area contributed by atoms with Crippen molar-refractivity contribution in [3.8, 4) is 11.4 Å². The van der Waals surface area contributed by atoms with E-state index in [1.807, 2.05) is 23.1 Å². The third-order valence-corrected chi connectivity index (χ3v) is 4.82. The molecule has 0 bridgehead atoms. The number of hydrogen-bond donors (Lipinski definition) is 1. The minimum Gasteiger partial charge on any atom is -0.335 e. The van der Waals surface area contributed by atoms with E-state index in [-0.39, 0.29) is 11.6 Å². The Morgan fingerprint density at radius 3 is 2.37 bits per heavy atom. The Labute approximate surface area is 156 Å². The highest BCUT2D eigenvalue weighted by Crippen LogP contribution is 2.23. The van der Waals surface area contributed by atoms with Crippen LogP contribution < -0.4 is 5.69 Å². The van der Waals surface area contributed by atoms with E-state index in [0.717, 1.165) is 12.0 Å². The normalized spacial score (nSPS) is 14.1. The summed E-state index contributed by atoms with van der Waals surface area (Å²) in [6.45, 7) is 1.31. The van der Waals surface area contributed by atoms with Gasteiger partial charge in [-0.15, -0.1) is 0 Å². The van der Waals surface area contributed by atoms with Gasteiger partial charge in [0.05, 0.1) is 0 Å². The first-order chi connectivity index (χ1) is 13.1. The monoisotopic (exact) mass is 360 g/mol. The van der Waals surface area contributed by atoms with Crippen molar-refractivity contribution >= 4 is 11.5 Å². The highest BCUT2D eigenvalue weighted by molar-refractivity contribution is 5.95. The summed E-state index contributed by atoms with van der Waals surface area (Å²) in [5.74, 6) is 0.509. The molecule has 0 saturated heterocycles. The van der Waals surface area contributed by atoms with Gasteiger partial charge in [-0.3, -0.25) is 9.78 Å². The van der Waals surface area contributed by atoms with E-state index in [2.05, 4.69) is 28.3 Å².